The van der Waals surface area contributed by atoms with Gasteiger partial charge in [0, 0.05) is 42.9 Å². The molecule has 2 saturated heterocycles. The molecule has 9 rings (SSSR count). The van der Waals surface area contributed by atoms with Gasteiger partial charge in [0.05, 0.1) is 27.5 Å². The fourth-order valence-electron chi connectivity index (χ4n) is 9.72. The highest BCUT2D eigenvalue weighted by molar-refractivity contribution is 6.08. The van der Waals surface area contributed by atoms with Crippen LogP contribution in [-0.2, 0) is 28.4 Å². The van der Waals surface area contributed by atoms with Crippen LogP contribution in [0.2, 0.25) is 0 Å². The van der Waals surface area contributed by atoms with Crippen molar-refractivity contribution in [2.24, 2.45) is 0 Å². The van der Waals surface area contributed by atoms with Gasteiger partial charge >= 0.3 is 23.2 Å². The second-order valence-corrected chi connectivity index (χ2v) is 20.3. The van der Waals surface area contributed by atoms with E-state index in [-0.39, 0.29) is 67.2 Å². The Morgan fingerprint density at radius 1 is 0.600 bits per heavy atom. The maximum Gasteiger partial charge on any atom is 0.364 e. The fraction of sp³-hybridized carbons (Fsp3) is 0.364. The summed E-state index contributed by atoms with van der Waals surface area (Å²) >= 11 is 0. The molecular formula is C55H57N5O20. The number of anilines is 2. The van der Waals surface area contributed by atoms with Crippen molar-refractivity contribution in [1.29, 1.82) is 0 Å². The Morgan fingerprint density at radius 3 is 1.40 bits per heavy atom. The lowest BCUT2D eigenvalue weighted by atomic mass is 9.89. The Kier molecular flexibility index (Phi) is 15.1. The minimum atomic E-state index is -1.58. The maximum absolute atomic E-state index is 13.4. The van der Waals surface area contributed by atoms with Crippen LogP contribution in [-0.4, -0.2) is 134 Å². The molecule has 422 valence electrons. The summed E-state index contributed by atoms with van der Waals surface area (Å²) in [5.41, 5.74) is -4.64. The number of aliphatic hydroxyl groups excluding tert-OH is 2. The molecule has 8 N–H and O–H groups in total. The van der Waals surface area contributed by atoms with Crippen LogP contribution in [0, 0.1) is 27.7 Å². The van der Waals surface area contributed by atoms with E-state index in [4.69, 9.17) is 46.7 Å². The minimum absolute atomic E-state index is 0.0181. The van der Waals surface area contributed by atoms with Gasteiger partial charge < -0.3 is 87.8 Å². The summed E-state index contributed by atoms with van der Waals surface area (Å²) < 4.78 is 58.2. The quantitative estimate of drug-likeness (QED) is 0.0504. The lowest BCUT2D eigenvalue weighted by Gasteiger charge is -2.47. The number of aryl methyl sites for hydroxylation is 4. The van der Waals surface area contributed by atoms with E-state index in [1.54, 1.807) is 53.7 Å². The summed E-state index contributed by atoms with van der Waals surface area (Å²) in [5, 5.41) is 50.1. The third-order valence-corrected chi connectivity index (χ3v) is 13.9. The van der Waals surface area contributed by atoms with Gasteiger partial charge in [0.1, 0.15) is 52.0 Å². The average Bonchev–Trinajstić information content (AvgIpc) is 4.15. The molecule has 80 heavy (non-hydrogen) atoms. The number of carbonyl (C=O) groups excluding carboxylic acids is 4. The van der Waals surface area contributed by atoms with Crippen molar-refractivity contribution < 1.29 is 86.3 Å². The zero-order chi connectivity index (χ0) is 57.9. The molecule has 25 heteroatoms. The van der Waals surface area contributed by atoms with Crippen LogP contribution in [0.5, 0.6) is 23.0 Å². The lowest BCUT2D eigenvalue weighted by molar-refractivity contribution is -0.305. The zero-order valence-electron chi connectivity index (χ0n) is 44.7. The van der Waals surface area contributed by atoms with Crippen LogP contribution >= 0.6 is 0 Å². The molecule has 0 spiro atoms. The van der Waals surface area contributed by atoms with Gasteiger partial charge in [-0.25, -0.2) is 19.2 Å². The van der Waals surface area contributed by atoms with E-state index in [9.17, 15) is 49.2 Å². The number of benzene rings is 2. The number of H-pyrrole nitrogens is 2. The number of amides is 2. The Balaban J connectivity index is 0.866. The number of aromatic hydroxyl groups is 2. The highest BCUT2D eigenvalue weighted by Gasteiger charge is 2.55. The van der Waals surface area contributed by atoms with Gasteiger partial charge in [-0.05, 0) is 116 Å². The molecule has 7 heterocycles. The Labute approximate surface area is 453 Å². The largest absolute Gasteiger partial charge is 0.505 e. The number of carbonyl (C=O) groups is 4. The highest BCUT2D eigenvalue weighted by atomic mass is 16.7. The van der Waals surface area contributed by atoms with Gasteiger partial charge in [-0.1, -0.05) is 0 Å². The monoisotopic (exact) mass is 1110 g/mol. The first-order chi connectivity index (χ1) is 37.8. The van der Waals surface area contributed by atoms with Crippen molar-refractivity contribution in [3.8, 4) is 23.0 Å². The van der Waals surface area contributed by atoms with Crippen molar-refractivity contribution in [3.63, 3.8) is 0 Å². The molecule has 7 aromatic rings. The number of pyridine rings is 1. The summed E-state index contributed by atoms with van der Waals surface area (Å²) in [4.78, 5) is 89.5. The van der Waals surface area contributed by atoms with E-state index in [0.717, 1.165) is 12.3 Å². The number of aromatic amines is 2. The van der Waals surface area contributed by atoms with Crippen LogP contribution < -0.4 is 31.4 Å². The summed E-state index contributed by atoms with van der Waals surface area (Å²) in [7, 11) is 2.76. The van der Waals surface area contributed by atoms with Crippen LogP contribution in [0.25, 0.3) is 21.9 Å². The normalized spacial score (nSPS) is 22.4. The molecule has 0 radical (unpaired) electrons. The molecule has 5 aromatic heterocycles. The standard InChI is InChI=1S/C55H57N5O20/c1-22-11-16-30(57-22)48(67)77-42-38(63)52(79-54(5,6)44(42)71-9)73-32-19-14-27-36(61)34(50(69)75-40(27)24(32)3)59-46(65)26-13-18-29(56-21-26)47(66)60-35-37(62)28-15-20-33(25(4)41(28)76-51(35)70)74-53-39(64)43(45(72-10)55(7,8)80-53)78-49(68)31-17-12-23(2)58-31/h11-21,38-39,42-45,52-53,57-58,61-64H,1-10H3,(H,59,65)(H,60,66). The second-order valence-electron chi connectivity index (χ2n) is 20.3. The average molecular weight is 1110 g/mol. The predicted octanol–water partition coefficient (Wildman–Crippen LogP) is 5.33. The smallest absolute Gasteiger partial charge is 0.364 e. The van der Waals surface area contributed by atoms with Crippen molar-refractivity contribution in [1.82, 2.24) is 15.0 Å². The molecule has 0 bridgehead atoms. The first-order valence-electron chi connectivity index (χ1n) is 24.8. The molecule has 2 aliphatic heterocycles. The number of hydrogen-bond donors (Lipinski definition) is 8. The predicted molar refractivity (Wildman–Crippen MR) is 280 cm³/mol. The molecule has 2 amide bonds. The molecule has 8 unspecified atom stereocenters. The second kappa shape index (κ2) is 21.6. The summed E-state index contributed by atoms with van der Waals surface area (Å²) in [6.07, 6.45) is -9.46. The van der Waals surface area contributed by atoms with Crippen molar-refractivity contribution in [2.75, 3.05) is 24.9 Å². The summed E-state index contributed by atoms with van der Waals surface area (Å²) in [6, 6.07) is 14.2. The van der Waals surface area contributed by atoms with E-state index in [1.807, 2.05) is 0 Å². The molecule has 2 aromatic carbocycles. The third-order valence-electron chi connectivity index (χ3n) is 13.9. The molecule has 8 atom stereocenters. The van der Waals surface area contributed by atoms with E-state index in [2.05, 4.69) is 25.6 Å². The Morgan fingerprint density at radius 2 is 1.02 bits per heavy atom. The van der Waals surface area contributed by atoms with Gasteiger partial charge in [-0.3, -0.25) is 14.6 Å². The zero-order valence-corrected chi connectivity index (χ0v) is 44.7. The first-order valence-corrected chi connectivity index (χ1v) is 24.8. The third kappa shape index (κ3) is 10.6. The van der Waals surface area contributed by atoms with Gasteiger partial charge in [0.15, 0.2) is 47.3 Å². The number of rotatable bonds is 14. The van der Waals surface area contributed by atoms with E-state index in [0.29, 0.717) is 11.4 Å². The van der Waals surface area contributed by atoms with Crippen LogP contribution in [0.3, 0.4) is 0 Å². The van der Waals surface area contributed by atoms with Crippen molar-refractivity contribution in [2.45, 2.75) is 116 Å². The SMILES string of the molecule is COC1C(OC(=O)c2ccc(C)[nH]2)C(O)C(Oc2ccc3c(O)c(NC(=O)c4ccc(C(=O)Nc5c(O)c6ccc(OC7OC(C)(C)C(OC)C(OC(=O)c8ccc(C)[nH]8)C7O)c(C)c6oc5=O)nc4)c(=O)oc3c2C)OC1(C)C. The number of nitrogens with zero attached hydrogens (tertiary/aromatic N) is 1. The van der Waals surface area contributed by atoms with Gasteiger partial charge in [0.25, 0.3) is 11.8 Å². The Bertz CT molecular complexity index is 3450. The number of aliphatic hydroxyl groups is 2. The van der Waals surface area contributed by atoms with Crippen molar-refractivity contribution in [3.05, 3.63) is 133 Å². The highest BCUT2D eigenvalue weighted by Crippen LogP contribution is 2.41. The minimum Gasteiger partial charge on any atom is -0.505 e. The molecule has 0 aliphatic carbocycles. The van der Waals surface area contributed by atoms with E-state index < -0.39 is 118 Å². The number of nitrogens with one attached hydrogen (secondary N) is 4. The van der Waals surface area contributed by atoms with E-state index in [1.165, 1.54) is 70.5 Å². The maximum atomic E-state index is 13.4. The molecule has 2 aliphatic rings. The van der Waals surface area contributed by atoms with Gasteiger partial charge in [-0.15, -0.1) is 0 Å². The fourth-order valence-corrected chi connectivity index (χ4v) is 9.72. The number of methoxy groups -OCH3 is 2. The van der Waals surface area contributed by atoms with Crippen LogP contribution in [0.15, 0.2) is 85.3 Å². The van der Waals surface area contributed by atoms with E-state index >= 15 is 0 Å². The van der Waals surface area contributed by atoms with Gasteiger partial charge in [-0.2, -0.15) is 0 Å². The van der Waals surface area contributed by atoms with Gasteiger partial charge in [0.2, 0.25) is 12.6 Å². The molecular weight excluding hydrogens is 1050 g/mol. The number of fused-ring (bicyclic) bond motifs is 2. The number of aromatic nitrogens is 3. The first kappa shape index (κ1) is 56.1. The number of esters is 2. The molecule has 25 nitrogen and oxygen atoms in total. The summed E-state index contributed by atoms with van der Waals surface area (Å²) in [5.74, 6) is -4.68. The van der Waals surface area contributed by atoms with Crippen molar-refractivity contribution >= 4 is 57.1 Å². The number of ether oxygens (including phenoxy) is 8. The van der Waals surface area contributed by atoms with Crippen LogP contribution in [0.4, 0.5) is 11.4 Å². The summed E-state index contributed by atoms with van der Waals surface area (Å²) in [6.45, 7) is 13.2. The lowest BCUT2D eigenvalue weighted by Crippen LogP contribution is -2.65. The van der Waals surface area contributed by atoms with Crippen LogP contribution in [0.1, 0.15) is 92.0 Å². The molecule has 0 saturated carbocycles. The number of hydrogen-bond acceptors (Lipinski definition) is 21. The topological polar surface area (TPSA) is 352 Å². The Hall–Kier alpha value is -8.59. The molecule has 2 fully saturated rings.